The van der Waals surface area contributed by atoms with Crippen LogP contribution in [0.5, 0.6) is 0 Å². The molecule has 0 aliphatic carbocycles. The molecule has 1 amide bonds. The zero-order valence-corrected chi connectivity index (χ0v) is 11.5. The quantitative estimate of drug-likeness (QED) is 0.762. The number of carbonyl (C=O) groups excluding carboxylic acids is 1. The summed E-state index contributed by atoms with van der Waals surface area (Å²) in [5, 5.41) is 10.7. The van der Waals surface area contributed by atoms with E-state index in [2.05, 4.69) is 10.5 Å². The molecule has 1 aliphatic heterocycles. The number of aromatic nitrogens is 1. The maximum Gasteiger partial charge on any atom is 0.277 e. The Morgan fingerprint density at radius 2 is 2.06 bits per heavy atom. The molecule has 98 valence electrons. The van der Waals surface area contributed by atoms with E-state index in [-0.39, 0.29) is 5.91 Å². The molecule has 0 spiro atoms. The van der Waals surface area contributed by atoms with E-state index < -0.39 is 0 Å². The lowest BCUT2D eigenvalue weighted by Crippen LogP contribution is -2.48. The zero-order chi connectivity index (χ0) is 13.3. The van der Waals surface area contributed by atoms with Crippen LogP contribution in [0.4, 0.5) is 0 Å². The number of hydrogen-bond acceptors (Lipinski definition) is 4. The van der Waals surface area contributed by atoms with E-state index in [4.69, 9.17) is 16.7 Å². The number of nitrogens with one attached hydrogen (secondary N) is 1. The molecule has 18 heavy (non-hydrogen) atoms. The number of hydrazine groups is 1. The molecule has 0 atom stereocenters. The van der Waals surface area contributed by atoms with Crippen molar-refractivity contribution in [1.29, 1.82) is 0 Å². The highest BCUT2D eigenvalue weighted by molar-refractivity contribution is 7.80. The van der Waals surface area contributed by atoms with Crippen molar-refractivity contribution in [2.24, 2.45) is 0 Å². The fraction of sp³-hybridized carbons (Fsp3) is 0.545. The van der Waals surface area contributed by atoms with Crippen molar-refractivity contribution in [2.75, 3.05) is 20.1 Å². The summed E-state index contributed by atoms with van der Waals surface area (Å²) in [4.78, 5) is 12.5. The van der Waals surface area contributed by atoms with Gasteiger partial charge in [0.1, 0.15) is 11.3 Å². The summed E-state index contributed by atoms with van der Waals surface area (Å²) >= 11 is 5.19. The highest BCUT2D eigenvalue weighted by Gasteiger charge is 2.32. The molecule has 0 radical (unpaired) electrons. The lowest BCUT2D eigenvalue weighted by Gasteiger charge is -2.29. The summed E-state index contributed by atoms with van der Waals surface area (Å²) in [5.74, 6) is 0.432. The van der Waals surface area contributed by atoms with Crippen LogP contribution in [-0.2, 0) is 0 Å². The number of amides is 1. The molecule has 1 aromatic rings. The highest BCUT2D eigenvalue weighted by atomic mass is 32.1. The van der Waals surface area contributed by atoms with Crippen molar-refractivity contribution < 1.29 is 9.32 Å². The monoisotopic (exact) mass is 268 g/mol. The van der Waals surface area contributed by atoms with E-state index in [0.29, 0.717) is 28.7 Å². The summed E-state index contributed by atoms with van der Waals surface area (Å²) < 4.78 is 5.03. The second kappa shape index (κ2) is 4.93. The van der Waals surface area contributed by atoms with Crippen molar-refractivity contribution >= 4 is 23.2 Å². The number of aryl methyl sites for hydroxylation is 2. The van der Waals surface area contributed by atoms with Gasteiger partial charge in [-0.3, -0.25) is 9.80 Å². The first kappa shape index (κ1) is 12.8. The fourth-order valence-electron chi connectivity index (χ4n) is 2.08. The molecule has 1 aromatic heterocycles. The second-order valence-electron chi connectivity index (χ2n) is 4.16. The van der Waals surface area contributed by atoms with Gasteiger partial charge in [-0.25, -0.2) is 5.01 Å². The Kier molecular flexibility index (Phi) is 3.51. The molecule has 1 fully saturated rings. The SMILES string of the molecule is CNC(=S)N1CCCN1C(=O)c1c(C)noc1C. The smallest absolute Gasteiger partial charge is 0.277 e. The standard InChI is InChI=1S/C11H16N4O2S/c1-7-9(8(2)17-13-7)10(16)14-5-4-6-15(14)11(18)12-3/h4-6H2,1-3H3,(H,12,18). The molecule has 2 heterocycles. The first-order valence-electron chi connectivity index (χ1n) is 5.80. The van der Waals surface area contributed by atoms with Crippen LogP contribution in [0, 0.1) is 13.8 Å². The minimum atomic E-state index is -0.110. The lowest BCUT2D eigenvalue weighted by molar-refractivity contribution is 0.0490. The van der Waals surface area contributed by atoms with E-state index in [1.165, 1.54) is 0 Å². The first-order valence-corrected chi connectivity index (χ1v) is 6.21. The van der Waals surface area contributed by atoms with Crippen LogP contribution in [0.15, 0.2) is 4.52 Å². The van der Waals surface area contributed by atoms with Crippen molar-refractivity contribution in [1.82, 2.24) is 20.5 Å². The van der Waals surface area contributed by atoms with Gasteiger partial charge in [-0.1, -0.05) is 5.16 Å². The van der Waals surface area contributed by atoms with Gasteiger partial charge in [-0.05, 0) is 32.5 Å². The van der Waals surface area contributed by atoms with Crippen molar-refractivity contribution in [2.45, 2.75) is 20.3 Å². The maximum absolute atomic E-state index is 12.5. The third-order valence-corrected chi connectivity index (χ3v) is 3.38. The molecule has 2 rings (SSSR count). The van der Waals surface area contributed by atoms with E-state index in [0.717, 1.165) is 13.0 Å². The fourth-order valence-corrected chi connectivity index (χ4v) is 2.27. The van der Waals surface area contributed by atoms with Gasteiger partial charge in [0.15, 0.2) is 5.11 Å². The van der Waals surface area contributed by atoms with E-state index >= 15 is 0 Å². The Bertz CT molecular complexity index is 466. The van der Waals surface area contributed by atoms with E-state index in [1.54, 1.807) is 30.9 Å². The van der Waals surface area contributed by atoms with Crippen LogP contribution in [0.25, 0.3) is 0 Å². The highest BCUT2D eigenvalue weighted by Crippen LogP contribution is 2.19. The van der Waals surface area contributed by atoms with Crippen molar-refractivity contribution in [3.63, 3.8) is 0 Å². The summed E-state index contributed by atoms with van der Waals surface area (Å²) in [7, 11) is 1.75. The van der Waals surface area contributed by atoms with Gasteiger partial charge in [0.05, 0.1) is 5.69 Å². The largest absolute Gasteiger partial charge is 0.364 e. The van der Waals surface area contributed by atoms with Gasteiger partial charge in [-0.2, -0.15) is 0 Å². The molecule has 1 N–H and O–H groups in total. The maximum atomic E-state index is 12.5. The predicted octanol–water partition coefficient (Wildman–Crippen LogP) is 0.859. The van der Waals surface area contributed by atoms with E-state index in [9.17, 15) is 4.79 Å². The molecular weight excluding hydrogens is 252 g/mol. The van der Waals surface area contributed by atoms with Crippen molar-refractivity contribution in [3.05, 3.63) is 17.0 Å². The normalized spacial score (nSPS) is 15.1. The van der Waals surface area contributed by atoms with Gasteiger partial charge >= 0.3 is 0 Å². The van der Waals surface area contributed by atoms with Crippen LogP contribution < -0.4 is 5.32 Å². The first-order chi connectivity index (χ1) is 8.56. The van der Waals surface area contributed by atoms with Crippen LogP contribution in [0.3, 0.4) is 0 Å². The Morgan fingerprint density at radius 3 is 2.61 bits per heavy atom. The van der Waals surface area contributed by atoms with Crippen LogP contribution in [0.1, 0.15) is 28.2 Å². The van der Waals surface area contributed by atoms with Gasteiger partial charge < -0.3 is 9.84 Å². The molecule has 7 heteroatoms. The summed E-state index contributed by atoms with van der Waals surface area (Å²) in [6.07, 6.45) is 0.900. The van der Waals surface area contributed by atoms with E-state index in [1.807, 2.05) is 0 Å². The Labute approximate surface area is 111 Å². The Hall–Kier alpha value is -1.63. The minimum absolute atomic E-state index is 0.110. The molecule has 0 aromatic carbocycles. The Morgan fingerprint density at radius 1 is 1.39 bits per heavy atom. The Balaban J connectivity index is 2.26. The van der Waals surface area contributed by atoms with Gasteiger partial charge in [0, 0.05) is 20.1 Å². The number of rotatable bonds is 1. The summed E-state index contributed by atoms with van der Waals surface area (Å²) in [6, 6.07) is 0. The third-order valence-electron chi connectivity index (χ3n) is 2.96. The van der Waals surface area contributed by atoms with Gasteiger partial charge in [0.2, 0.25) is 0 Å². The minimum Gasteiger partial charge on any atom is -0.364 e. The van der Waals surface area contributed by atoms with Crippen LogP contribution in [0.2, 0.25) is 0 Å². The molecule has 6 nitrogen and oxygen atoms in total. The third kappa shape index (κ3) is 2.05. The molecule has 1 saturated heterocycles. The number of thiocarbonyl (C=S) groups is 1. The second-order valence-corrected chi connectivity index (χ2v) is 4.55. The van der Waals surface area contributed by atoms with Crippen LogP contribution in [-0.4, -0.2) is 46.3 Å². The van der Waals surface area contributed by atoms with Gasteiger partial charge in [0.25, 0.3) is 5.91 Å². The van der Waals surface area contributed by atoms with Crippen molar-refractivity contribution in [3.8, 4) is 0 Å². The molecular formula is C11H16N4O2S. The van der Waals surface area contributed by atoms with Gasteiger partial charge in [-0.15, -0.1) is 0 Å². The lowest BCUT2D eigenvalue weighted by atomic mass is 10.2. The molecule has 0 bridgehead atoms. The molecule has 0 unspecified atom stereocenters. The predicted molar refractivity (Wildman–Crippen MR) is 70.0 cm³/mol. The average molecular weight is 268 g/mol. The number of hydrogen-bond donors (Lipinski definition) is 1. The number of carbonyl (C=O) groups is 1. The molecule has 0 saturated carbocycles. The topological polar surface area (TPSA) is 61.6 Å². The molecule has 1 aliphatic rings. The van der Waals surface area contributed by atoms with Crippen LogP contribution >= 0.6 is 12.2 Å². The average Bonchev–Trinajstić information content (AvgIpc) is 2.95. The zero-order valence-electron chi connectivity index (χ0n) is 10.7. The number of nitrogens with zero attached hydrogens (tertiary/aromatic N) is 3. The summed E-state index contributed by atoms with van der Waals surface area (Å²) in [6.45, 7) is 4.91. The summed E-state index contributed by atoms with van der Waals surface area (Å²) in [5.41, 5.74) is 1.14.